The molecule has 1 aromatic carbocycles. The minimum atomic E-state index is -3.15. The lowest BCUT2D eigenvalue weighted by atomic mass is 9.85. The molecule has 1 aliphatic carbocycles. The van der Waals surface area contributed by atoms with Gasteiger partial charge in [0.1, 0.15) is 5.56 Å². The minimum absolute atomic E-state index is 0.0475. The molecule has 3 nitrogen and oxygen atoms in total. The molecule has 0 saturated carbocycles. The van der Waals surface area contributed by atoms with Crippen LogP contribution in [-0.4, -0.2) is 18.2 Å². The summed E-state index contributed by atoms with van der Waals surface area (Å²) in [6.45, 7) is 0. The number of fused-ring (bicyclic) bond motifs is 1. The lowest BCUT2D eigenvalue weighted by molar-refractivity contribution is -0.0231. The van der Waals surface area contributed by atoms with Crippen LogP contribution < -0.4 is 4.74 Å². The summed E-state index contributed by atoms with van der Waals surface area (Å²) in [5.74, 6) is -4.81. The molecule has 1 N–H and O–H groups in total. The Kier molecular flexibility index (Phi) is 3.19. The lowest BCUT2D eigenvalue weighted by Gasteiger charge is -2.28. The molecule has 0 amide bonds. The van der Waals surface area contributed by atoms with Crippen LogP contribution in [0.4, 0.5) is 8.78 Å². The average molecular weight is 277 g/mol. The number of alkyl halides is 2. The molecule has 98 valence electrons. The zero-order valence-corrected chi connectivity index (χ0v) is 10.4. The van der Waals surface area contributed by atoms with Crippen molar-refractivity contribution in [1.82, 2.24) is 0 Å². The topological polar surface area (TPSA) is 46.5 Å². The number of methoxy groups -OCH3 is 1. The van der Waals surface area contributed by atoms with Crippen molar-refractivity contribution in [2.75, 3.05) is 7.11 Å². The third kappa shape index (κ3) is 1.92. The Labute approximate surface area is 107 Å². The summed E-state index contributed by atoms with van der Waals surface area (Å²) in [6, 6.07) is 1.37. The summed E-state index contributed by atoms with van der Waals surface area (Å²) in [6.07, 6.45) is 0.349. The van der Waals surface area contributed by atoms with Crippen LogP contribution in [0, 0.1) is 0 Å². The van der Waals surface area contributed by atoms with Crippen LogP contribution in [0.3, 0.4) is 0 Å². The second-order valence-corrected chi connectivity index (χ2v) is 4.57. The zero-order chi connectivity index (χ0) is 13.5. The minimum Gasteiger partial charge on any atom is -0.494 e. The Morgan fingerprint density at radius 1 is 1.56 bits per heavy atom. The molecule has 6 heteroatoms. The number of hydrogen-bond acceptors (Lipinski definition) is 2. The van der Waals surface area contributed by atoms with Crippen molar-refractivity contribution in [2.24, 2.45) is 0 Å². The Bertz CT molecular complexity index is 515. The normalized spacial score (nSPS) is 17.1. The SMILES string of the molecule is COc1c(Cl)cc2c(c1C(=O)O)C(F)(F)CCC2. The maximum Gasteiger partial charge on any atom is 0.340 e. The number of halogens is 3. The first-order valence-corrected chi connectivity index (χ1v) is 5.77. The van der Waals surface area contributed by atoms with Crippen LogP contribution in [0.15, 0.2) is 6.07 Å². The molecule has 18 heavy (non-hydrogen) atoms. The highest BCUT2D eigenvalue weighted by Crippen LogP contribution is 2.46. The zero-order valence-electron chi connectivity index (χ0n) is 9.60. The largest absolute Gasteiger partial charge is 0.494 e. The van der Waals surface area contributed by atoms with Crippen LogP contribution in [0.2, 0.25) is 5.02 Å². The number of aromatic carboxylic acids is 1. The predicted molar refractivity (Wildman–Crippen MR) is 61.8 cm³/mol. The highest BCUT2D eigenvalue weighted by molar-refractivity contribution is 6.32. The Balaban J connectivity index is 2.81. The molecule has 0 aromatic heterocycles. The highest BCUT2D eigenvalue weighted by Gasteiger charge is 2.42. The number of ether oxygens (including phenoxy) is 1. The summed E-state index contributed by atoms with van der Waals surface area (Å²) in [7, 11) is 1.21. The summed E-state index contributed by atoms with van der Waals surface area (Å²) in [5.41, 5.74) is -0.693. The number of hydrogen-bond donors (Lipinski definition) is 1. The lowest BCUT2D eigenvalue weighted by Crippen LogP contribution is -2.25. The average Bonchev–Trinajstić information content (AvgIpc) is 2.26. The maximum atomic E-state index is 13.9. The van der Waals surface area contributed by atoms with Gasteiger partial charge in [-0.3, -0.25) is 0 Å². The van der Waals surface area contributed by atoms with E-state index < -0.39 is 23.0 Å². The Morgan fingerprint density at radius 3 is 2.78 bits per heavy atom. The van der Waals surface area contributed by atoms with Gasteiger partial charge >= 0.3 is 5.97 Å². The van der Waals surface area contributed by atoms with E-state index in [0.29, 0.717) is 12.8 Å². The maximum absolute atomic E-state index is 13.9. The molecule has 2 rings (SSSR count). The van der Waals surface area contributed by atoms with E-state index in [1.54, 1.807) is 0 Å². The second-order valence-electron chi connectivity index (χ2n) is 4.16. The second kappa shape index (κ2) is 4.39. The van der Waals surface area contributed by atoms with Crippen LogP contribution >= 0.6 is 11.6 Å². The molecule has 0 saturated heterocycles. The number of carboxylic acids is 1. The molecule has 0 unspecified atom stereocenters. The van der Waals surface area contributed by atoms with Gasteiger partial charge in [-0.15, -0.1) is 0 Å². The fourth-order valence-electron chi connectivity index (χ4n) is 2.33. The first-order valence-electron chi connectivity index (χ1n) is 5.39. The molecule has 0 aliphatic heterocycles. The first kappa shape index (κ1) is 13.1. The van der Waals surface area contributed by atoms with E-state index in [1.807, 2.05) is 0 Å². The van der Waals surface area contributed by atoms with Crippen molar-refractivity contribution in [2.45, 2.75) is 25.2 Å². The molecular formula is C12H11ClF2O3. The van der Waals surface area contributed by atoms with Gasteiger partial charge in [0.2, 0.25) is 0 Å². The van der Waals surface area contributed by atoms with Crippen molar-refractivity contribution in [3.63, 3.8) is 0 Å². The number of rotatable bonds is 2. The van der Waals surface area contributed by atoms with E-state index >= 15 is 0 Å². The van der Waals surface area contributed by atoms with Crippen molar-refractivity contribution < 1.29 is 23.4 Å². The van der Waals surface area contributed by atoms with E-state index in [9.17, 15) is 13.6 Å². The molecular weight excluding hydrogens is 266 g/mol. The third-order valence-electron chi connectivity index (χ3n) is 3.04. The number of carbonyl (C=O) groups is 1. The van der Waals surface area contributed by atoms with Gasteiger partial charge in [0.25, 0.3) is 5.92 Å². The molecule has 0 heterocycles. The van der Waals surface area contributed by atoms with Gasteiger partial charge in [0, 0.05) is 12.0 Å². The van der Waals surface area contributed by atoms with Gasteiger partial charge in [0.15, 0.2) is 5.75 Å². The first-order chi connectivity index (χ1) is 8.38. The molecule has 0 fully saturated rings. The smallest absolute Gasteiger partial charge is 0.340 e. The van der Waals surface area contributed by atoms with Crippen LogP contribution in [0.1, 0.15) is 34.3 Å². The monoisotopic (exact) mass is 276 g/mol. The van der Waals surface area contributed by atoms with Gasteiger partial charge < -0.3 is 9.84 Å². The van der Waals surface area contributed by atoms with E-state index in [1.165, 1.54) is 13.2 Å². The molecule has 1 aromatic rings. The Morgan fingerprint density at radius 2 is 2.22 bits per heavy atom. The molecule has 1 aliphatic rings. The van der Waals surface area contributed by atoms with Gasteiger partial charge in [-0.05, 0) is 24.5 Å². The van der Waals surface area contributed by atoms with Crippen LogP contribution in [-0.2, 0) is 12.3 Å². The fourth-order valence-corrected chi connectivity index (χ4v) is 2.63. The Hall–Kier alpha value is -1.36. The van der Waals surface area contributed by atoms with Crippen molar-refractivity contribution >= 4 is 17.6 Å². The van der Waals surface area contributed by atoms with Gasteiger partial charge in [-0.1, -0.05) is 11.6 Å². The van der Waals surface area contributed by atoms with E-state index in [2.05, 4.69) is 0 Å². The van der Waals surface area contributed by atoms with Gasteiger partial charge in [-0.2, -0.15) is 0 Å². The van der Waals surface area contributed by atoms with Crippen molar-refractivity contribution in [1.29, 1.82) is 0 Å². The summed E-state index contributed by atoms with van der Waals surface area (Å²) in [4.78, 5) is 11.2. The van der Waals surface area contributed by atoms with Gasteiger partial charge in [-0.25, -0.2) is 13.6 Å². The molecule has 0 bridgehead atoms. The highest BCUT2D eigenvalue weighted by atomic mass is 35.5. The summed E-state index contributed by atoms with van der Waals surface area (Å²) >= 11 is 5.87. The van der Waals surface area contributed by atoms with Crippen LogP contribution in [0.5, 0.6) is 5.75 Å². The predicted octanol–water partition coefficient (Wildman–Crippen LogP) is 3.47. The fraction of sp³-hybridized carbons (Fsp3) is 0.417. The molecule has 0 spiro atoms. The number of benzene rings is 1. The van der Waals surface area contributed by atoms with E-state index in [-0.39, 0.29) is 22.8 Å². The van der Waals surface area contributed by atoms with Crippen molar-refractivity contribution in [3.8, 4) is 5.75 Å². The van der Waals surface area contributed by atoms with Crippen LogP contribution in [0.25, 0.3) is 0 Å². The summed E-state index contributed by atoms with van der Waals surface area (Å²) < 4.78 is 32.7. The molecule has 0 radical (unpaired) electrons. The number of aryl methyl sites for hydroxylation is 1. The third-order valence-corrected chi connectivity index (χ3v) is 3.32. The van der Waals surface area contributed by atoms with E-state index in [4.69, 9.17) is 21.4 Å². The molecule has 0 atom stereocenters. The van der Waals surface area contributed by atoms with Crippen molar-refractivity contribution in [3.05, 3.63) is 27.8 Å². The quantitative estimate of drug-likeness (QED) is 0.899. The van der Waals surface area contributed by atoms with Gasteiger partial charge in [0.05, 0.1) is 12.1 Å². The van der Waals surface area contributed by atoms with E-state index in [0.717, 1.165) is 0 Å². The standard InChI is InChI=1S/C12H11ClF2O3/c1-18-10-7(13)5-6-3-2-4-12(14,15)9(6)8(10)11(16)17/h5H,2-4H2,1H3,(H,16,17). The number of carboxylic acid groups (broad SMARTS) is 1. The summed E-state index contributed by atoms with van der Waals surface area (Å²) in [5, 5.41) is 9.19.